The van der Waals surface area contributed by atoms with Crippen molar-refractivity contribution in [3.8, 4) is 17.2 Å². The van der Waals surface area contributed by atoms with Crippen LogP contribution in [0.15, 0.2) is 42.5 Å². The van der Waals surface area contributed by atoms with Gasteiger partial charge >= 0.3 is 0 Å². The fraction of sp³-hybridized carbons (Fsp3) is 0.250. The van der Waals surface area contributed by atoms with E-state index in [0.29, 0.717) is 17.4 Å². The molecule has 2 rings (SSSR count). The van der Waals surface area contributed by atoms with Gasteiger partial charge in [0.05, 0.1) is 6.61 Å². The first kappa shape index (κ1) is 14.7. The van der Waals surface area contributed by atoms with Crippen molar-refractivity contribution < 1.29 is 9.47 Å². The number of hydrogen-bond acceptors (Lipinski definition) is 3. The van der Waals surface area contributed by atoms with E-state index < -0.39 is 0 Å². The highest BCUT2D eigenvalue weighted by Gasteiger charge is 2.04. The molecule has 0 saturated heterocycles. The molecule has 0 fully saturated rings. The number of nitrogens with one attached hydrogen (secondary N) is 1. The molecule has 0 aliphatic heterocycles. The van der Waals surface area contributed by atoms with Crippen LogP contribution in [-0.2, 0) is 6.54 Å². The third kappa shape index (κ3) is 3.89. The van der Waals surface area contributed by atoms with Crippen LogP contribution in [0.4, 0.5) is 0 Å². The summed E-state index contributed by atoms with van der Waals surface area (Å²) in [6.07, 6.45) is 0. The molecule has 0 amide bonds. The van der Waals surface area contributed by atoms with E-state index in [9.17, 15) is 0 Å². The molecule has 1 N–H and O–H groups in total. The molecule has 0 aliphatic carbocycles. The van der Waals surface area contributed by atoms with Gasteiger partial charge in [-0.05, 0) is 43.8 Å². The molecule has 0 atom stereocenters. The average Bonchev–Trinajstić information content (AvgIpc) is 2.43. The lowest BCUT2D eigenvalue weighted by atomic mass is 10.2. The summed E-state index contributed by atoms with van der Waals surface area (Å²) in [5.74, 6) is 2.24. The summed E-state index contributed by atoms with van der Waals surface area (Å²) >= 11 is 6.21. The highest BCUT2D eigenvalue weighted by Crippen LogP contribution is 2.28. The Hall–Kier alpha value is -1.71. The minimum absolute atomic E-state index is 0.633. The predicted molar refractivity (Wildman–Crippen MR) is 81.9 cm³/mol. The van der Waals surface area contributed by atoms with Gasteiger partial charge in [0, 0.05) is 17.6 Å². The summed E-state index contributed by atoms with van der Waals surface area (Å²) in [5.41, 5.74) is 1.05. The Balaban J connectivity index is 2.13. The maximum atomic E-state index is 6.21. The smallest absolute Gasteiger partial charge is 0.131 e. The molecular formula is C16H18ClNO2. The van der Waals surface area contributed by atoms with E-state index in [2.05, 4.69) is 5.32 Å². The molecule has 20 heavy (non-hydrogen) atoms. The highest BCUT2D eigenvalue weighted by atomic mass is 35.5. The Morgan fingerprint density at radius 1 is 1.05 bits per heavy atom. The Morgan fingerprint density at radius 2 is 1.80 bits per heavy atom. The van der Waals surface area contributed by atoms with Crippen molar-refractivity contribution in [1.82, 2.24) is 5.32 Å². The quantitative estimate of drug-likeness (QED) is 0.863. The average molecular weight is 292 g/mol. The molecule has 0 spiro atoms. The Bertz CT molecular complexity index is 572. The van der Waals surface area contributed by atoms with Crippen molar-refractivity contribution in [2.75, 3.05) is 13.7 Å². The Kier molecular flexibility index (Phi) is 5.27. The van der Waals surface area contributed by atoms with Crippen molar-refractivity contribution in [3.63, 3.8) is 0 Å². The van der Waals surface area contributed by atoms with Gasteiger partial charge in [-0.3, -0.25) is 0 Å². The maximum Gasteiger partial charge on any atom is 0.131 e. The Labute approximate surface area is 124 Å². The number of halogens is 1. The molecule has 2 aromatic carbocycles. The van der Waals surface area contributed by atoms with Crippen LogP contribution in [0.2, 0.25) is 5.02 Å². The first-order valence-corrected chi connectivity index (χ1v) is 6.94. The second-order valence-electron chi connectivity index (χ2n) is 4.29. The van der Waals surface area contributed by atoms with Gasteiger partial charge in [-0.1, -0.05) is 23.7 Å². The van der Waals surface area contributed by atoms with E-state index in [4.69, 9.17) is 21.1 Å². The number of benzene rings is 2. The van der Waals surface area contributed by atoms with Crippen molar-refractivity contribution in [2.45, 2.75) is 13.5 Å². The molecule has 0 saturated carbocycles. The lowest BCUT2D eigenvalue weighted by Crippen LogP contribution is -2.05. The van der Waals surface area contributed by atoms with Crippen LogP contribution in [0.3, 0.4) is 0 Å². The summed E-state index contributed by atoms with van der Waals surface area (Å²) in [4.78, 5) is 0. The number of ether oxygens (including phenoxy) is 2. The fourth-order valence-corrected chi connectivity index (χ4v) is 2.09. The maximum absolute atomic E-state index is 6.21. The molecular weight excluding hydrogens is 274 g/mol. The van der Waals surface area contributed by atoms with Crippen LogP contribution in [0, 0.1) is 0 Å². The van der Waals surface area contributed by atoms with Gasteiger partial charge in [0.2, 0.25) is 0 Å². The molecule has 0 bridgehead atoms. The monoisotopic (exact) mass is 291 g/mol. The summed E-state index contributed by atoms with van der Waals surface area (Å²) in [6, 6.07) is 13.2. The summed E-state index contributed by atoms with van der Waals surface area (Å²) in [7, 11) is 1.89. The molecule has 0 aromatic heterocycles. The zero-order chi connectivity index (χ0) is 14.4. The van der Waals surface area contributed by atoms with Gasteiger partial charge in [0.1, 0.15) is 17.2 Å². The van der Waals surface area contributed by atoms with E-state index in [-0.39, 0.29) is 0 Å². The first-order valence-electron chi connectivity index (χ1n) is 6.56. The first-order chi connectivity index (χ1) is 9.72. The van der Waals surface area contributed by atoms with E-state index >= 15 is 0 Å². The van der Waals surface area contributed by atoms with E-state index in [1.807, 2.05) is 56.4 Å². The van der Waals surface area contributed by atoms with E-state index in [0.717, 1.165) is 23.6 Å². The molecule has 3 nitrogen and oxygen atoms in total. The molecule has 0 aliphatic rings. The summed E-state index contributed by atoms with van der Waals surface area (Å²) in [6.45, 7) is 3.32. The molecule has 4 heteroatoms. The van der Waals surface area contributed by atoms with Gasteiger partial charge in [0.25, 0.3) is 0 Å². The third-order valence-corrected chi connectivity index (χ3v) is 3.10. The SMILES string of the molecule is CCOc1cccc(Oc2ccc(CNC)c(Cl)c2)c1. The van der Waals surface area contributed by atoms with Gasteiger partial charge in [-0.15, -0.1) is 0 Å². The summed E-state index contributed by atoms with van der Waals surface area (Å²) in [5, 5.41) is 3.77. The summed E-state index contributed by atoms with van der Waals surface area (Å²) < 4.78 is 11.2. The van der Waals surface area contributed by atoms with Crippen LogP contribution in [0.25, 0.3) is 0 Å². The largest absolute Gasteiger partial charge is 0.494 e. The van der Waals surface area contributed by atoms with Crippen molar-refractivity contribution in [2.24, 2.45) is 0 Å². The highest BCUT2D eigenvalue weighted by molar-refractivity contribution is 6.31. The van der Waals surface area contributed by atoms with Gasteiger partial charge in [0.15, 0.2) is 0 Å². The fourth-order valence-electron chi connectivity index (χ4n) is 1.86. The van der Waals surface area contributed by atoms with Crippen LogP contribution in [0.1, 0.15) is 12.5 Å². The van der Waals surface area contributed by atoms with Crippen LogP contribution >= 0.6 is 11.6 Å². The molecule has 2 aromatic rings. The van der Waals surface area contributed by atoms with Gasteiger partial charge in [-0.2, -0.15) is 0 Å². The topological polar surface area (TPSA) is 30.5 Å². The lowest BCUT2D eigenvalue weighted by Gasteiger charge is -2.10. The van der Waals surface area contributed by atoms with Crippen molar-refractivity contribution in [1.29, 1.82) is 0 Å². The minimum atomic E-state index is 0.633. The molecule has 0 unspecified atom stereocenters. The standard InChI is InChI=1S/C16H18ClNO2/c1-3-19-13-5-4-6-14(9-13)20-15-8-7-12(11-18-2)16(17)10-15/h4-10,18H,3,11H2,1-2H3. The van der Waals surface area contributed by atoms with Crippen LogP contribution in [-0.4, -0.2) is 13.7 Å². The van der Waals surface area contributed by atoms with Crippen molar-refractivity contribution >= 4 is 11.6 Å². The number of rotatable bonds is 6. The molecule has 106 valence electrons. The molecule has 0 heterocycles. The molecule has 0 radical (unpaired) electrons. The Morgan fingerprint density at radius 3 is 2.50 bits per heavy atom. The predicted octanol–water partition coefficient (Wildman–Crippen LogP) is 4.25. The minimum Gasteiger partial charge on any atom is -0.494 e. The van der Waals surface area contributed by atoms with E-state index in [1.165, 1.54) is 0 Å². The second kappa shape index (κ2) is 7.17. The van der Waals surface area contributed by atoms with Gasteiger partial charge < -0.3 is 14.8 Å². The van der Waals surface area contributed by atoms with Crippen LogP contribution < -0.4 is 14.8 Å². The van der Waals surface area contributed by atoms with E-state index in [1.54, 1.807) is 0 Å². The second-order valence-corrected chi connectivity index (χ2v) is 4.70. The van der Waals surface area contributed by atoms with Crippen molar-refractivity contribution in [3.05, 3.63) is 53.1 Å². The lowest BCUT2D eigenvalue weighted by molar-refractivity contribution is 0.338. The third-order valence-electron chi connectivity index (χ3n) is 2.74. The van der Waals surface area contributed by atoms with Gasteiger partial charge in [-0.25, -0.2) is 0 Å². The normalized spacial score (nSPS) is 10.3. The zero-order valence-corrected chi connectivity index (χ0v) is 12.4. The van der Waals surface area contributed by atoms with Crippen LogP contribution in [0.5, 0.6) is 17.2 Å². The zero-order valence-electron chi connectivity index (χ0n) is 11.7. The number of hydrogen-bond donors (Lipinski definition) is 1.